The highest BCUT2D eigenvalue weighted by atomic mass is 35.5. The zero-order valence-electron chi connectivity index (χ0n) is 11.3. The molecular formula is C15H14ClFN2O2. The minimum Gasteiger partial charge on any atom is -0.378 e. The molecule has 2 aromatic carbocycles. The van der Waals surface area contributed by atoms with Gasteiger partial charge in [0.1, 0.15) is 5.82 Å². The van der Waals surface area contributed by atoms with Crippen LogP contribution in [0.2, 0.25) is 5.02 Å². The molecule has 0 radical (unpaired) electrons. The highest BCUT2D eigenvalue weighted by Gasteiger charge is 2.14. The molecule has 6 heteroatoms. The second kappa shape index (κ2) is 6.54. The van der Waals surface area contributed by atoms with E-state index in [4.69, 9.17) is 11.6 Å². The summed E-state index contributed by atoms with van der Waals surface area (Å²) in [6.45, 7) is 1.94. The zero-order valence-corrected chi connectivity index (χ0v) is 12.1. The molecule has 21 heavy (non-hydrogen) atoms. The summed E-state index contributed by atoms with van der Waals surface area (Å²) >= 11 is 5.82. The number of anilines is 1. The van der Waals surface area contributed by atoms with Gasteiger partial charge in [-0.15, -0.1) is 0 Å². The molecule has 0 aliphatic rings. The van der Waals surface area contributed by atoms with Crippen molar-refractivity contribution in [2.45, 2.75) is 19.4 Å². The first kappa shape index (κ1) is 15.3. The normalized spacial score (nSPS) is 12.0. The summed E-state index contributed by atoms with van der Waals surface area (Å²) in [5, 5.41) is 14.3. The van der Waals surface area contributed by atoms with Crippen LogP contribution in [0.4, 0.5) is 15.8 Å². The van der Waals surface area contributed by atoms with Gasteiger partial charge in [-0.2, -0.15) is 0 Å². The van der Waals surface area contributed by atoms with Gasteiger partial charge >= 0.3 is 0 Å². The van der Waals surface area contributed by atoms with Gasteiger partial charge in [0.2, 0.25) is 0 Å². The van der Waals surface area contributed by atoms with E-state index in [9.17, 15) is 14.5 Å². The summed E-state index contributed by atoms with van der Waals surface area (Å²) in [4.78, 5) is 10.4. The van der Waals surface area contributed by atoms with Crippen molar-refractivity contribution in [1.29, 1.82) is 0 Å². The number of nitro groups is 1. The number of non-ortho nitro benzene ring substituents is 1. The monoisotopic (exact) mass is 308 g/mol. The summed E-state index contributed by atoms with van der Waals surface area (Å²) in [6, 6.07) is 10.4. The first-order chi connectivity index (χ1) is 9.99. The predicted octanol–water partition coefficient (Wildman–Crippen LogP) is 4.95. The van der Waals surface area contributed by atoms with Crippen molar-refractivity contribution >= 4 is 23.0 Å². The van der Waals surface area contributed by atoms with Crippen molar-refractivity contribution in [1.82, 2.24) is 0 Å². The van der Waals surface area contributed by atoms with Crippen LogP contribution < -0.4 is 5.32 Å². The van der Waals surface area contributed by atoms with Crippen molar-refractivity contribution < 1.29 is 9.31 Å². The van der Waals surface area contributed by atoms with E-state index in [0.29, 0.717) is 17.1 Å². The van der Waals surface area contributed by atoms with Gasteiger partial charge < -0.3 is 5.32 Å². The zero-order chi connectivity index (χ0) is 15.4. The molecule has 0 saturated heterocycles. The fourth-order valence-corrected chi connectivity index (χ4v) is 2.34. The second-order valence-corrected chi connectivity index (χ2v) is 5.05. The van der Waals surface area contributed by atoms with Gasteiger partial charge in [-0.25, -0.2) is 4.39 Å². The largest absolute Gasteiger partial charge is 0.378 e. The van der Waals surface area contributed by atoms with Gasteiger partial charge in [0.15, 0.2) is 0 Å². The number of nitro benzene ring substituents is 1. The first-order valence-electron chi connectivity index (χ1n) is 6.46. The topological polar surface area (TPSA) is 55.2 Å². The van der Waals surface area contributed by atoms with Crippen molar-refractivity contribution in [2.24, 2.45) is 0 Å². The van der Waals surface area contributed by atoms with Crippen LogP contribution in [0, 0.1) is 15.9 Å². The highest BCUT2D eigenvalue weighted by Crippen LogP contribution is 2.27. The molecular weight excluding hydrogens is 295 g/mol. The van der Waals surface area contributed by atoms with E-state index in [1.807, 2.05) is 6.92 Å². The van der Waals surface area contributed by atoms with Crippen LogP contribution in [0.3, 0.4) is 0 Å². The fourth-order valence-electron chi connectivity index (χ4n) is 2.11. The number of nitrogens with zero attached hydrogens (tertiary/aromatic N) is 1. The molecule has 1 N–H and O–H groups in total. The van der Waals surface area contributed by atoms with Crippen LogP contribution >= 0.6 is 11.6 Å². The molecule has 0 aliphatic carbocycles. The Balaban J connectivity index is 2.27. The van der Waals surface area contributed by atoms with Crippen LogP contribution in [0.5, 0.6) is 0 Å². The molecule has 0 amide bonds. The first-order valence-corrected chi connectivity index (χ1v) is 6.84. The Kier molecular flexibility index (Phi) is 4.75. The van der Waals surface area contributed by atoms with Gasteiger partial charge in [0.25, 0.3) is 5.69 Å². The van der Waals surface area contributed by atoms with Gasteiger partial charge in [-0.1, -0.05) is 30.7 Å². The minimum absolute atomic E-state index is 0.0324. The lowest BCUT2D eigenvalue weighted by Crippen LogP contribution is -2.10. The summed E-state index contributed by atoms with van der Waals surface area (Å²) in [5.41, 5.74) is 1.34. The maximum atomic E-state index is 13.3. The molecule has 0 aromatic heterocycles. The second-order valence-electron chi connectivity index (χ2n) is 4.62. The Morgan fingerprint density at radius 3 is 2.71 bits per heavy atom. The number of halogens is 2. The predicted molar refractivity (Wildman–Crippen MR) is 81.2 cm³/mol. The van der Waals surface area contributed by atoms with Crippen LogP contribution in [0.1, 0.15) is 24.9 Å². The van der Waals surface area contributed by atoms with Crippen LogP contribution in [0.25, 0.3) is 0 Å². The number of hydrogen-bond acceptors (Lipinski definition) is 3. The van der Waals surface area contributed by atoms with Crippen LogP contribution in [0.15, 0.2) is 42.5 Å². The maximum Gasteiger partial charge on any atom is 0.269 e. The van der Waals surface area contributed by atoms with E-state index in [2.05, 4.69) is 5.32 Å². The molecule has 0 bridgehead atoms. The Morgan fingerprint density at radius 1 is 1.33 bits per heavy atom. The van der Waals surface area contributed by atoms with Gasteiger partial charge in [-0.05, 0) is 30.2 Å². The van der Waals surface area contributed by atoms with Gasteiger partial charge in [0, 0.05) is 22.8 Å². The van der Waals surface area contributed by atoms with Gasteiger partial charge in [-0.3, -0.25) is 10.1 Å². The van der Waals surface area contributed by atoms with E-state index in [1.165, 1.54) is 24.3 Å². The Bertz CT molecular complexity index is 644. The van der Waals surface area contributed by atoms with Crippen molar-refractivity contribution in [3.05, 3.63) is 69.0 Å². The average molecular weight is 309 g/mol. The summed E-state index contributed by atoms with van der Waals surface area (Å²) < 4.78 is 13.3. The fraction of sp³-hybridized carbons (Fsp3) is 0.200. The standard InChI is InChI=1S/C15H14ClFN2O2/c1-2-15(10-4-3-5-14(6-10)19(20)21)18-13-8-11(16)7-12(17)9-13/h3-9,15,18H,2H2,1H3. The van der Waals surface area contributed by atoms with Crippen molar-refractivity contribution in [3.63, 3.8) is 0 Å². The van der Waals surface area contributed by atoms with E-state index in [0.717, 1.165) is 5.56 Å². The minimum atomic E-state index is -0.435. The maximum absolute atomic E-state index is 13.3. The van der Waals surface area contributed by atoms with E-state index >= 15 is 0 Å². The van der Waals surface area contributed by atoms with E-state index < -0.39 is 10.7 Å². The lowest BCUT2D eigenvalue weighted by Gasteiger charge is -2.19. The van der Waals surface area contributed by atoms with Crippen LogP contribution in [-0.4, -0.2) is 4.92 Å². The highest BCUT2D eigenvalue weighted by molar-refractivity contribution is 6.30. The lowest BCUT2D eigenvalue weighted by atomic mass is 10.0. The molecule has 4 nitrogen and oxygen atoms in total. The Labute approximate surface area is 126 Å². The molecule has 0 fully saturated rings. The van der Waals surface area contributed by atoms with Crippen molar-refractivity contribution in [2.75, 3.05) is 5.32 Å². The molecule has 2 aromatic rings. The summed E-state index contributed by atoms with van der Waals surface area (Å²) in [7, 11) is 0. The molecule has 0 aliphatic heterocycles. The summed E-state index contributed by atoms with van der Waals surface area (Å²) in [5.74, 6) is -0.432. The molecule has 1 unspecified atom stereocenters. The third-order valence-electron chi connectivity index (χ3n) is 3.10. The summed E-state index contributed by atoms with van der Waals surface area (Å²) in [6.07, 6.45) is 0.690. The number of rotatable bonds is 5. The molecule has 110 valence electrons. The SMILES string of the molecule is CCC(Nc1cc(F)cc(Cl)c1)c1cccc([N+](=O)[O-])c1. The quantitative estimate of drug-likeness (QED) is 0.628. The lowest BCUT2D eigenvalue weighted by molar-refractivity contribution is -0.384. The number of benzene rings is 2. The molecule has 1 atom stereocenters. The Morgan fingerprint density at radius 2 is 2.10 bits per heavy atom. The van der Waals surface area contributed by atoms with Crippen LogP contribution in [-0.2, 0) is 0 Å². The third-order valence-corrected chi connectivity index (χ3v) is 3.31. The molecule has 0 heterocycles. The van der Waals surface area contributed by atoms with Gasteiger partial charge in [0.05, 0.1) is 11.0 Å². The number of hydrogen-bond donors (Lipinski definition) is 1. The Hall–Kier alpha value is -2.14. The molecule has 2 rings (SSSR count). The smallest absolute Gasteiger partial charge is 0.269 e. The van der Waals surface area contributed by atoms with E-state index in [-0.39, 0.29) is 11.7 Å². The van der Waals surface area contributed by atoms with Crippen molar-refractivity contribution in [3.8, 4) is 0 Å². The average Bonchev–Trinajstić information content (AvgIpc) is 2.44. The molecule has 0 saturated carbocycles. The third kappa shape index (κ3) is 3.92. The van der Waals surface area contributed by atoms with E-state index in [1.54, 1.807) is 18.2 Å². The molecule has 0 spiro atoms. The number of nitrogens with one attached hydrogen (secondary N) is 1.